The Labute approximate surface area is 101 Å². The Morgan fingerprint density at radius 3 is 2.29 bits per heavy atom. The van der Waals surface area contributed by atoms with Crippen LogP contribution in [0.4, 0.5) is 0 Å². The lowest BCUT2D eigenvalue weighted by molar-refractivity contribution is -0.123. The molecule has 17 heavy (non-hydrogen) atoms. The van der Waals surface area contributed by atoms with E-state index < -0.39 is 0 Å². The molecule has 0 saturated carbocycles. The number of hydrogen-bond donors (Lipinski definition) is 1. The zero-order valence-corrected chi connectivity index (χ0v) is 10.2. The molecule has 0 spiro atoms. The monoisotopic (exact) mass is 232 g/mol. The molecule has 0 heterocycles. The zero-order chi connectivity index (χ0) is 12.8. The number of rotatable bonds is 4. The van der Waals surface area contributed by atoms with Crippen molar-refractivity contribution in [2.75, 3.05) is 0 Å². The third kappa shape index (κ3) is 4.18. The van der Waals surface area contributed by atoms with Gasteiger partial charge in [0.25, 0.3) is 0 Å². The van der Waals surface area contributed by atoms with E-state index in [0.29, 0.717) is 5.56 Å². The smallest absolute Gasteiger partial charge is 0.242 e. The number of hydrazone groups is 1. The minimum absolute atomic E-state index is 0.0293. The predicted molar refractivity (Wildman–Crippen MR) is 67.0 cm³/mol. The average molecular weight is 232 g/mol. The third-order valence-corrected chi connectivity index (χ3v) is 2.23. The van der Waals surface area contributed by atoms with Gasteiger partial charge in [-0.25, -0.2) is 5.43 Å². The molecule has 0 aliphatic rings. The van der Waals surface area contributed by atoms with Crippen LogP contribution in [-0.2, 0) is 4.79 Å². The van der Waals surface area contributed by atoms with Gasteiger partial charge in [-0.2, -0.15) is 5.10 Å². The summed E-state index contributed by atoms with van der Waals surface area (Å²) in [5.41, 5.74) is 3.92. The minimum atomic E-state index is -0.124. The summed E-state index contributed by atoms with van der Waals surface area (Å²) in [5.74, 6) is -0.185. The van der Waals surface area contributed by atoms with Gasteiger partial charge >= 0.3 is 0 Å². The van der Waals surface area contributed by atoms with Gasteiger partial charge in [0.15, 0.2) is 5.78 Å². The second-order valence-electron chi connectivity index (χ2n) is 4.07. The lowest BCUT2D eigenvalue weighted by Gasteiger charge is -2.01. The third-order valence-electron chi connectivity index (χ3n) is 2.23. The Balaban J connectivity index is 2.60. The molecule has 4 nitrogen and oxygen atoms in total. The first-order valence-electron chi connectivity index (χ1n) is 5.44. The molecular weight excluding hydrogens is 216 g/mol. The quantitative estimate of drug-likeness (QED) is 0.490. The van der Waals surface area contributed by atoms with Crippen molar-refractivity contribution in [3.05, 3.63) is 35.4 Å². The van der Waals surface area contributed by atoms with Gasteiger partial charge in [-0.3, -0.25) is 9.59 Å². The van der Waals surface area contributed by atoms with Crippen molar-refractivity contribution in [1.29, 1.82) is 0 Å². The first kappa shape index (κ1) is 13.1. The highest BCUT2D eigenvalue weighted by Gasteiger charge is 2.03. The van der Waals surface area contributed by atoms with Gasteiger partial charge in [0.05, 0.1) is 6.21 Å². The van der Waals surface area contributed by atoms with Crippen LogP contribution >= 0.6 is 0 Å². The second kappa shape index (κ2) is 5.94. The molecule has 0 aromatic heterocycles. The molecule has 0 aliphatic carbocycles. The number of amides is 1. The first-order valence-corrected chi connectivity index (χ1v) is 5.44. The molecular formula is C13H16N2O2. The van der Waals surface area contributed by atoms with Gasteiger partial charge < -0.3 is 0 Å². The van der Waals surface area contributed by atoms with E-state index in [-0.39, 0.29) is 17.6 Å². The summed E-state index contributed by atoms with van der Waals surface area (Å²) in [5, 5.41) is 3.83. The van der Waals surface area contributed by atoms with E-state index in [1.807, 2.05) is 0 Å². The van der Waals surface area contributed by atoms with E-state index in [1.165, 1.54) is 6.92 Å². The minimum Gasteiger partial charge on any atom is -0.295 e. The van der Waals surface area contributed by atoms with Crippen molar-refractivity contribution >= 4 is 17.9 Å². The Hall–Kier alpha value is -1.97. The summed E-state index contributed by atoms with van der Waals surface area (Å²) in [4.78, 5) is 22.3. The maximum absolute atomic E-state index is 11.2. The Bertz CT molecular complexity index is 433. The van der Waals surface area contributed by atoms with Crippen molar-refractivity contribution in [3.63, 3.8) is 0 Å². The number of hydrogen-bond acceptors (Lipinski definition) is 3. The van der Waals surface area contributed by atoms with Crippen LogP contribution in [0.2, 0.25) is 0 Å². The lowest BCUT2D eigenvalue weighted by Crippen LogP contribution is -2.22. The predicted octanol–water partition coefficient (Wildman–Crippen LogP) is 2.00. The summed E-state index contributed by atoms with van der Waals surface area (Å²) in [6.07, 6.45) is 1.55. The fourth-order valence-corrected chi connectivity index (χ4v) is 1.10. The number of ketones is 1. The van der Waals surface area contributed by atoms with Crippen molar-refractivity contribution in [2.24, 2.45) is 11.0 Å². The summed E-state index contributed by atoms with van der Waals surface area (Å²) in [6.45, 7) is 5.12. The maximum Gasteiger partial charge on any atom is 0.242 e. The number of carbonyl (C=O) groups is 2. The van der Waals surface area contributed by atoms with Crippen LogP contribution in [0, 0.1) is 5.92 Å². The van der Waals surface area contributed by atoms with Gasteiger partial charge in [0, 0.05) is 11.5 Å². The van der Waals surface area contributed by atoms with Crippen LogP contribution in [0.1, 0.15) is 36.7 Å². The van der Waals surface area contributed by atoms with Crippen LogP contribution in [0.5, 0.6) is 0 Å². The van der Waals surface area contributed by atoms with Crippen LogP contribution in [0.3, 0.4) is 0 Å². The number of Topliss-reactive ketones (excluding diaryl/α,β-unsaturated/α-hetero) is 1. The van der Waals surface area contributed by atoms with Gasteiger partial charge in [0.1, 0.15) is 0 Å². The average Bonchev–Trinajstić information content (AvgIpc) is 2.29. The fraction of sp³-hybridized carbons (Fsp3) is 0.308. The second-order valence-corrected chi connectivity index (χ2v) is 4.07. The van der Waals surface area contributed by atoms with E-state index in [0.717, 1.165) is 5.56 Å². The van der Waals surface area contributed by atoms with Crippen molar-refractivity contribution in [1.82, 2.24) is 5.43 Å². The van der Waals surface area contributed by atoms with E-state index in [2.05, 4.69) is 10.5 Å². The first-order chi connectivity index (χ1) is 8.00. The van der Waals surface area contributed by atoms with Crippen LogP contribution in [0.25, 0.3) is 0 Å². The molecule has 0 bridgehead atoms. The van der Waals surface area contributed by atoms with Gasteiger partial charge in [-0.15, -0.1) is 0 Å². The highest BCUT2D eigenvalue weighted by molar-refractivity contribution is 5.94. The molecule has 1 amide bonds. The molecule has 1 rings (SSSR count). The summed E-state index contributed by atoms with van der Waals surface area (Å²) >= 11 is 0. The molecule has 0 radical (unpaired) electrons. The van der Waals surface area contributed by atoms with Crippen molar-refractivity contribution < 1.29 is 9.59 Å². The lowest BCUT2D eigenvalue weighted by atomic mass is 10.1. The summed E-state index contributed by atoms with van der Waals surface area (Å²) in [7, 11) is 0. The van der Waals surface area contributed by atoms with Gasteiger partial charge in [0.2, 0.25) is 5.91 Å². The Kier molecular flexibility index (Phi) is 4.57. The Morgan fingerprint density at radius 2 is 1.82 bits per heavy atom. The molecule has 1 aromatic carbocycles. The van der Waals surface area contributed by atoms with Crippen LogP contribution in [0.15, 0.2) is 29.4 Å². The number of nitrogens with zero attached hydrogens (tertiary/aromatic N) is 1. The summed E-state index contributed by atoms with van der Waals surface area (Å²) < 4.78 is 0. The summed E-state index contributed by atoms with van der Waals surface area (Å²) in [6, 6.07) is 7.02. The van der Waals surface area contributed by atoms with Crippen molar-refractivity contribution in [2.45, 2.75) is 20.8 Å². The van der Waals surface area contributed by atoms with Crippen molar-refractivity contribution in [3.8, 4) is 0 Å². The maximum atomic E-state index is 11.2. The largest absolute Gasteiger partial charge is 0.295 e. The SMILES string of the molecule is CC(=O)c1ccc(/C=N/NC(=O)C(C)C)cc1. The van der Waals surface area contributed by atoms with Crippen LogP contribution in [-0.4, -0.2) is 17.9 Å². The van der Waals surface area contributed by atoms with E-state index >= 15 is 0 Å². The molecule has 0 aliphatic heterocycles. The van der Waals surface area contributed by atoms with E-state index in [9.17, 15) is 9.59 Å². The number of benzene rings is 1. The molecule has 1 N–H and O–H groups in total. The number of carbonyl (C=O) groups excluding carboxylic acids is 2. The standard InChI is InChI=1S/C13H16N2O2/c1-9(2)13(17)15-14-8-11-4-6-12(7-5-11)10(3)16/h4-9H,1-3H3,(H,15,17)/b14-8+. The molecule has 0 unspecified atom stereocenters. The van der Waals surface area contributed by atoms with Gasteiger partial charge in [-0.05, 0) is 12.5 Å². The fourth-order valence-electron chi connectivity index (χ4n) is 1.10. The molecule has 0 saturated heterocycles. The van der Waals surface area contributed by atoms with Crippen LogP contribution < -0.4 is 5.43 Å². The highest BCUT2D eigenvalue weighted by atomic mass is 16.2. The highest BCUT2D eigenvalue weighted by Crippen LogP contribution is 2.03. The normalized spacial score (nSPS) is 10.8. The molecule has 0 atom stereocenters. The molecule has 4 heteroatoms. The topological polar surface area (TPSA) is 58.5 Å². The molecule has 90 valence electrons. The van der Waals surface area contributed by atoms with E-state index in [1.54, 1.807) is 44.3 Å². The van der Waals surface area contributed by atoms with Gasteiger partial charge in [-0.1, -0.05) is 38.1 Å². The Morgan fingerprint density at radius 1 is 1.24 bits per heavy atom. The molecule has 0 fully saturated rings. The van der Waals surface area contributed by atoms with E-state index in [4.69, 9.17) is 0 Å². The number of nitrogens with one attached hydrogen (secondary N) is 1. The zero-order valence-electron chi connectivity index (χ0n) is 10.2. The molecule has 1 aromatic rings.